The van der Waals surface area contributed by atoms with Crippen LogP contribution in [0.5, 0.6) is 0 Å². The van der Waals surface area contributed by atoms with E-state index < -0.39 is 0 Å². The number of ether oxygens (including phenoxy) is 1. The van der Waals surface area contributed by atoms with Crippen molar-refractivity contribution in [2.24, 2.45) is 5.10 Å². The summed E-state index contributed by atoms with van der Waals surface area (Å²) in [6, 6.07) is 10.3. The molecule has 4 nitrogen and oxygen atoms in total. The Hall–Kier alpha value is -1.16. The van der Waals surface area contributed by atoms with E-state index >= 15 is 0 Å². The molecule has 1 heterocycles. The second kappa shape index (κ2) is 6.85. The van der Waals surface area contributed by atoms with Gasteiger partial charge >= 0.3 is 122 Å². The van der Waals surface area contributed by atoms with Crippen molar-refractivity contribution in [2.75, 3.05) is 40.4 Å². The molecule has 0 atom stereocenters. The maximum atomic E-state index is 5.36. The summed E-state index contributed by atoms with van der Waals surface area (Å²) >= 11 is 3.12. The van der Waals surface area contributed by atoms with Gasteiger partial charge in [-0.1, -0.05) is 0 Å². The van der Waals surface area contributed by atoms with Gasteiger partial charge in [0.1, 0.15) is 0 Å². The van der Waals surface area contributed by atoms with E-state index in [2.05, 4.69) is 32.7 Å². The molecule has 0 radical (unpaired) electrons. The SMILES string of the molecule is CN(C)C(=[Se])/C(=N/N1CCOCC1)c1ccccc1. The first kappa shape index (κ1) is 14.3. The fourth-order valence-corrected chi connectivity index (χ4v) is 2.16. The number of hydrogen-bond acceptors (Lipinski definition) is 4. The van der Waals surface area contributed by atoms with E-state index in [9.17, 15) is 0 Å². The molecular weight excluding hydrogens is 305 g/mol. The van der Waals surface area contributed by atoms with Crippen LogP contribution < -0.4 is 0 Å². The molecule has 1 saturated heterocycles. The van der Waals surface area contributed by atoms with Crippen molar-refractivity contribution in [3.05, 3.63) is 35.9 Å². The van der Waals surface area contributed by atoms with Gasteiger partial charge in [-0.3, -0.25) is 0 Å². The summed E-state index contributed by atoms with van der Waals surface area (Å²) in [4.78, 5) is 2.05. The first-order valence-electron chi connectivity index (χ1n) is 6.37. The van der Waals surface area contributed by atoms with E-state index in [1.165, 1.54) is 0 Å². The molecule has 102 valence electrons. The zero-order valence-electron chi connectivity index (χ0n) is 11.4. The predicted molar refractivity (Wildman–Crippen MR) is 79.8 cm³/mol. The molecule has 1 aliphatic rings. The van der Waals surface area contributed by atoms with E-state index in [-0.39, 0.29) is 0 Å². The summed E-state index contributed by atoms with van der Waals surface area (Å²) in [7, 11) is 4.03. The van der Waals surface area contributed by atoms with Crippen LogP contribution in [0.4, 0.5) is 0 Å². The molecule has 1 fully saturated rings. The van der Waals surface area contributed by atoms with E-state index in [0.717, 1.165) is 42.1 Å². The third-order valence-corrected chi connectivity index (χ3v) is 4.06. The van der Waals surface area contributed by atoms with E-state index in [4.69, 9.17) is 9.84 Å². The third kappa shape index (κ3) is 3.90. The van der Waals surface area contributed by atoms with E-state index in [0.29, 0.717) is 0 Å². The fraction of sp³-hybridized carbons (Fsp3) is 0.429. The van der Waals surface area contributed by atoms with Gasteiger partial charge in [-0.2, -0.15) is 0 Å². The normalized spacial score (nSPS) is 16.3. The summed E-state index contributed by atoms with van der Waals surface area (Å²) in [6.07, 6.45) is 0. The summed E-state index contributed by atoms with van der Waals surface area (Å²) in [6.45, 7) is 3.18. The number of hydrogen-bond donors (Lipinski definition) is 0. The average molecular weight is 324 g/mol. The molecular formula is C14H19N3OSe. The molecule has 0 aromatic heterocycles. The average Bonchev–Trinajstić information content (AvgIpc) is 2.46. The fourth-order valence-electron chi connectivity index (χ4n) is 1.83. The molecule has 0 N–H and O–H groups in total. The Kier molecular flexibility index (Phi) is 5.14. The second-order valence-electron chi connectivity index (χ2n) is 4.58. The van der Waals surface area contributed by atoms with Crippen molar-refractivity contribution in [3.63, 3.8) is 0 Å². The zero-order chi connectivity index (χ0) is 13.7. The van der Waals surface area contributed by atoms with Gasteiger partial charge in [0.15, 0.2) is 0 Å². The van der Waals surface area contributed by atoms with Crippen molar-refractivity contribution >= 4 is 25.8 Å². The van der Waals surface area contributed by atoms with Crippen molar-refractivity contribution < 1.29 is 4.74 Å². The molecule has 0 spiro atoms. The van der Waals surface area contributed by atoms with Crippen LogP contribution in [-0.4, -0.2) is 76.1 Å². The van der Waals surface area contributed by atoms with Gasteiger partial charge in [-0.15, -0.1) is 0 Å². The van der Waals surface area contributed by atoms with Gasteiger partial charge in [0.2, 0.25) is 0 Å². The molecule has 0 amide bonds. The van der Waals surface area contributed by atoms with Gasteiger partial charge in [-0.05, 0) is 0 Å². The monoisotopic (exact) mass is 325 g/mol. The van der Waals surface area contributed by atoms with E-state index in [1.54, 1.807) is 0 Å². The number of hydrazone groups is 1. The Balaban J connectivity index is 2.28. The van der Waals surface area contributed by atoms with Crippen LogP contribution in [0.2, 0.25) is 0 Å². The topological polar surface area (TPSA) is 28.1 Å². The Bertz CT molecular complexity index is 453. The molecule has 0 aliphatic carbocycles. The standard InChI is InChI=1S/C14H19N3OSe/c1-16(2)14(19)13(12-6-4-3-5-7-12)15-17-8-10-18-11-9-17/h3-7H,8-11H2,1-2H3/b15-13+. The van der Waals surface area contributed by atoms with Gasteiger partial charge in [0.05, 0.1) is 0 Å². The molecule has 0 saturated carbocycles. The molecule has 19 heavy (non-hydrogen) atoms. The quantitative estimate of drug-likeness (QED) is 0.599. The van der Waals surface area contributed by atoms with Crippen LogP contribution >= 0.6 is 0 Å². The van der Waals surface area contributed by atoms with Crippen LogP contribution in [-0.2, 0) is 4.74 Å². The molecule has 0 unspecified atom stereocenters. The summed E-state index contributed by atoms with van der Waals surface area (Å²) < 4.78 is 6.40. The number of nitrogens with zero attached hydrogens (tertiary/aromatic N) is 3. The third-order valence-electron chi connectivity index (χ3n) is 2.88. The van der Waals surface area contributed by atoms with Crippen molar-refractivity contribution in [2.45, 2.75) is 0 Å². The van der Waals surface area contributed by atoms with Gasteiger partial charge in [0, 0.05) is 0 Å². The first-order valence-corrected chi connectivity index (χ1v) is 7.22. The Morgan fingerprint density at radius 3 is 2.42 bits per heavy atom. The van der Waals surface area contributed by atoms with Crippen LogP contribution in [0.25, 0.3) is 0 Å². The molecule has 1 aliphatic heterocycles. The van der Waals surface area contributed by atoms with Crippen LogP contribution in [0.3, 0.4) is 0 Å². The minimum atomic E-state index is 0.746. The minimum absolute atomic E-state index is 0.746. The molecule has 0 bridgehead atoms. The number of likely N-dealkylation sites (N-methyl/N-ethyl adjacent to an activating group) is 1. The zero-order valence-corrected chi connectivity index (χ0v) is 13.1. The molecule has 1 aromatic carbocycles. The second-order valence-corrected chi connectivity index (χ2v) is 5.39. The molecule has 1 aromatic rings. The Morgan fingerprint density at radius 2 is 1.84 bits per heavy atom. The van der Waals surface area contributed by atoms with Crippen molar-refractivity contribution in [1.29, 1.82) is 0 Å². The molecule has 2 rings (SSSR count). The number of benzene rings is 1. The van der Waals surface area contributed by atoms with Gasteiger partial charge in [0.25, 0.3) is 0 Å². The number of rotatable bonds is 4. The molecule has 5 heteroatoms. The first-order chi connectivity index (χ1) is 9.18. The van der Waals surface area contributed by atoms with Gasteiger partial charge < -0.3 is 0 Å². The Labute approximate surface area is 122 Å². The summed E-state index contributed by atoms with van der Waals surface area (Å²) in [5.41, 5.74) is 2.10. The Morgan fingerprint density at radius 1 is 1.21 bits per heavy atom. The maximum absolute atomic E-state index is 5.36. The van der Waals surface area contributed by atoms with Crippen LogP contribution in [0.1, 0.15) is 5.56 Å². The van der Waals surface area contributed by atoms with Crippen LogP contribution in [0.15, 0.2) is 35.4 Å². The van der Waals surface area contributed by atoms with Crippen molar-refractivity contribution in [1.82, 2.24) is 9.91 Å². The van der Waals surface area contributed by atoms with Gasteiger partial charge in [-0.25, -0.2) is 0 Å². The van der Waals surface area contributed by atoms with Crippen molar-refractivity contribution in [3.8, 4) is 0 Å². The predicted octanol–water partition coefficient (Wildman–Crippen LogP) is 0.583. The van der Waals surface area contributed by atoms with Crippen LogP contribution in [0, 0.1) is 0 Å². The number of morpholine rings is 1. The summed E-state index contributed by atoms with van der Waals surface area (Å²) in [5.74, 6) is 0. The van der Waals surface area contributed by atoms with E-state index in [1.807, 2.05) is 37.2 Å². The summed E-state index contributed by atoms with van der Waals surface area (Å²) in [5, 5.41) is 6.86.